The van der Waals surface area contributed by atoms with Gasteiger partial charge in [-0.3, -0.25) is 0 Å². The van der Waals surface area contributed by atoms with Crippen molar-refractivity contribution in [2.75, 3.05) is 0 Å². The van der Waals surface area contributed by atoms with Crippen LogP contribution in [0.15, 0.2) is 0 Å². The molecule has 0 unspecified atom stereocenters. The largest absolute Gasteiger partial charge is 0.0651 e. The summed E-state index contributed by atoms with van der Waals surface area (Å²) in [6.45, 7) is 11.6. The van der Waals surface area contributed by atoms with Crippen molar-refractivity contribution < 1.29 is 0 Å². The smallest absolute Gasteiger partial charge is 0.0354 e. The van der Waals surface area contributed by atoms with E-state index in [1.54, 1.807) is 0 Å². The summed E-state index contributed by atoms with van der Waals surface area (Å²) in [6, 6.07) is 0. The van der Waals surface area contributed by atoms with Gasteiger partial charge < -0.3 is 0 Å². The van der Waals surface area contributed by atoms with Crippen LogP contribution in [0.2, 0.25) is 0 Å². The predicted molar refractivity (Wildman–Crippen MR) is 48.1 cm³/mol. The summed E-state index contributed by atoms with van der Waals surface area (Å²) in [6.07, 6.45) is 4.00. The van der Waals surface area contributed by atoms with Crippen LogP contribution in [0.3, 0.4) is 0 Å². The molecule has 0 nitrogen and oxygen atoms in total. The molecule has 0 heteroatoms. The van der Waals surface area contributed by atoms with Gasteiger partial charge in [-0.05, 0) is 17.8 Å². The van der Waals surface area contributed by atoms with Crippen molar-refractivity contribution in [1.29, 1.82) is 0 Å². The Balaban J connectivity index is 3.64. The molecule has 0 saturated carbocycles. The molecule has 0 N–H and O–H groups in total. The van der Waals surface area contributed by atoms with Crippen LogP contribution in [0.5, 0.6) is 0 Å². The van der Waals surface area contributed by atoms with Gasteiger partial charge in [0.05, 0.1) is 0 Å². The first-order valence-electron chi connectivity index (χ1n) is 4.52. The third kappa shape index (κ3) is 3.92. The molecule has 0 amide bonds. The monoisotopic (exact) mass is 142 g/mol. The normalized spacial score (nSPS) is 15.3. The Kier molecular flexibility index (Phi) is 4.00. The number of hydrogen-bond acceptors (Lipinski definition) is 0. The lowest BCUT2D eigenvalue weighted by atomic mass is 9.80. The van der Waals surface area contributed by atoms with Crippen molar-refractivity contribution in [2.45, 2.75) is 53.9 Å². The molecular formula is C10H22. The molecular weight excluding hydrogens is 120 g/mol. The number of rotatable bonds is 4. The van der Waals surface area contributed by atoms with Gasteiger partial charge in [0.25, 0.3) is 0 Å². The zero-order chi connectivity index (χ0) is 8.20. The lowest BCUT2D eigenvalue weighted by Gasteiger charge is -2.25. The lowest BCUT2D eigenvalue weighted by Crippen LogP contribution is -2.13. The van der Waals surface area contributed by atoms with Gasteiger partial charge in [-0.2, -0.15) is 0 Å². The van der Waals surface area contributed by atoms with Crippen LogP contribution >= 0.6 is 0 Å². The molecule has 0 fully saturated rings. The maximum atomic E-state index is 2.36. The van der Waals surface area contributed by atoms with E-state index in [-0.39, 0.29) is 0 Å². The molecule has 0 aromatic heterocycles. The van der Waals surface area contributed by atoms with Gasteiger partial charge in [0.2, 0.25) is 0 Å². The molecule has 0 aromatic carbocycles. The Morgan fingerprint density at radius 1 is 1.20 bits per heavy atom. The van der Waals surface area contributed by atoms with E-state index in [0.29, 0.717) is 5.41 Å². The summed E-state index contributed by atoms with van der Waals surface area (Å²) >= 11 is 0. The van der Waals surface area contributed by atoms with Crippen molar-refractivity contribution in [1.82, 2.24) is 0 Å². The quantitative estimate of drug-likeness (QED) is 0.559. The molecule has 0 aliphatic heterocycles. The van der Waals surface area contributed by atoms with E-state index in [2.05, 4.69) is 34.6 Å². The van der Waals surface area contributed by atoms with Gasteiger partial charge in [-0.15, -0.1) is 0 Å². The highest BCUT2D eigenvalue weighted by molar-refractivity contribution is 4.68. The molecule has 0 heterocycles. The van der Waals surface area contributed by atoms with E-state index in [0.717, 1.165) is 5.92 Å². The maximum absolute atomic E-state index is 2.36. The summed E-state index contributed by atoms with van der Waals surface area (Å²) in [4.78, 5) is 0. The van der Waals surface area contributed by atoms with E-state index in [1.807, 2.05) is 0 Å². The topological polar surface area (TPSA) is 0 Å². The van der Waals surface area contributed by atoms with Crippen LogP contribution in [0.1, 0.15) is 53.9 Å². The minimum Gasteiger partial charge on any atom is -0.0651 e. The van der Waals surface area contributed by atoms with Crippen LogP contribution in [0, 0.1) is 11.3 Å². The second-order valence-electron chi connectivity index (χ2n) is 4.24. The second-order valence-corrected chi connectivity index (χ2v) is 4.24. The highest BCUT2D eigenvalue weighted by atomic mass is 14.2. The average molecular weight is 142 g/mol. The van der Waals surface area contributed by atoms with E-state index >= 15 is 0 Å². The molecule has 1 atom stereocenters. The highest BCUT2D eigenvalue weighted by Crippen LogP contribution is 2.29. The Morgan fingerprint density at radius 2 is 1.70 bits per heavy atom. The molecule has 0 aliphatic carbocycles. The van der Waals surface area contributed by atoms with Crippen LogP contribution in [0.4, 0.5) is 0 Å². The minimum absolute atomic E-state index is 0.565. The molecule has 0 radical (unpaired) electrons. The van der Waals surface area contributed by atoms with Crippen molar-refractivity contribution >= 4 is 0 Å². The molecule has 10 heavy (non-hydrogen) atoms. The van der Waals surface area contributed by atoms with E-state index in [1.165, 1.54) is 19.3 Å². The van der Waals surface area contributed by atoms with Crippen molar-refractivity contribution in [3.05, 3.63) is 0 Å². The third-order valence-corrected chi connectivity index (χ3v) is 2.56. The molecule has 62 valence electrons. The van der Waals surface area contributed by atoms with Crippen LogP contribution in [0.25, 0.3) is 0 Å². The van der Waals surface area contributed by atoms with Gasteiger partial charge in [-0.1, -0.05) is 47.5 Å². The van der Waals surface area contributed by atoms with Gasteiger partial charge in [0.15, 0.2) is 0 Å². The fraction of sp³-hybridized carbons (Fsp3) is 1.00. The van der Waals surface area contributed by atoms with E-state index in [4.69, 9.17) is 0 Å². The van der Waals surface area contributed by atoms with Crippen molar-refractivity contribution in [3.8, 4) is 0 Å². The molecule has 0 aromatic rings. The third-order valence-electron chi connectivity index (χ3n) is 2.56. The SMILES string of the molecule is CC[C@H](C)CC(C)(C)CC. The fourth-order valence-corrected chi connectivity index (χ4v) is 1.23. The van der Waals surface area contributed by atoms with Gasteiger partial charge in [0, 0.05) is 0 Å². The first kappa shape index (κ1) is 10.0. The highest BCUT2D eigenvalue weighted by Gasteiger charge is 2.17. The van der Waals surface area contributed by atoms with E-state index in [9.17, 15) is 0 Å². The molecule has 0 bridgehead atoms. The summed E-state index contributed by atoms with van der Waals surface area (Å²) in [5.74, 6) is 0.898. The Labute approximate surface area is 66.0 Å². The fourth-order valence-electron chi connectivity index (χ4n) is 1.23. The second kappa shape index (κ2) is 4.00. The van der Waals surface area contributed by atoms with Crippen LogP contribution < -0.4 is 0 Å². The lowest BCUT2D eigenvalue weighted by molar-refractivity contribution is 0.263. The summed E-state index contributed by atoms with van der Waals surface area (Å²) < 4.78 is 0. The van der Waals surface area contributed by atoms with Crippen molar-refractivity contribution in [3.63, 3.8) is 0 Å². The maximum Gasteiger partial charge on any atom is -0.0354 e. The van der Waals surface area contributed by atoms with Crippen molar-refractivity contribution in [2.24, 2.45) is 11.3 Å². The van der Waals surface area contributed by atoms with Crippen LogP contribution in [-0.4, -0.2) is 0 Å². The summed E-state index contributed by atoms with van der Waals surface area (Å²) in [7, 11) is 0. The summed E-state index contributed by atoms with van der Waals surface area (Å²) in [5.41, 5.74) is 0.565. The molecule has 0 aliphatic rings. The predicted octanol–water partition coefficient (Wildman–Crippen LogP) is 3.86. The zero-order valence-corrected chi connectivity index (χ0v) is 8.20. The Bertz CT molecular complexity index is 82.0. The summed E-state index contributed by atoms with van der Waals surface area (Å²) in [5, 5.41) is 0. The molecule has 0 rings (SSSR count). The molecule has 0 spiro atoms. The standard InChI is InChI=1S/C10H22/c1-6-9(3)8-10(4,5)7-2/h9H,6-8H2,1-5H3/t9-/m0/s1. The van der Waals surface area contributed by atoms with E-state index < -0.39 is 0 Å². The first-order chi connectivity index (χ1) is 4.52. The molecule has 0 saturated heterocycles. The van der Waals surface area contributed by atoms with Gasteiger partial charge >= 0.3 is 0 Å². The Hall–Kier alpha value is 0. The first-order valence-corrected chi connectivity index (χ1v) is 4.52. The Morgan fingerprint density at radius 3 is 2.00 bits per heavy atom. The average Bonchev–Trinajstić information content (AvgIpc) is 1.87. The van der Waals surface area contributed by atoms with Crippen LogP contribution in [-0.2, 0) is 0 Å². The zero-order valence-electron chi connectivity index (χ0n) is 8.20. The van der Waals surface area contributed by atoms with Gasteiger partial charge in [0.1, 0.15) is 0 Å². The van der Waals surface area contributed by atoms with Gasteiger partial charge in [-0.25, -0.2) is 0 Å². The number of hydrogen-bond donors (Lipinski definition) is 0. The minimum atomic E-state index is 0.565.